The highest BCUT2D eigenvalue weighted by Crippen LogP contribution is 2.47. The molecule has 1 aromatic carbocycles. The summed E-state index contributed by atoms with van der Waals surface area (Å²) in [5, 5.41) is 9.27. The van der Waals surface area contributed by atoms with Gasteiger partial charge in [-0.1, -0.05) is 12.1 Å². The Labute approximate surface area is 101 Å². The molecule has 4 heteroatoms. The summed E-state index contributed by atoms with van der Waals surface area (Å²) in [7, 11) is 3.30. The lowest BCUT2D eigenvalue weighted by Gasteiger charge is -2.23. The number of anilines is 1. The number of para-hydroxylation sites is 2. The average molecular weight is 235 g/mol. The maximum absolute atomic E-state index is 12.2. The summed E-state index contributed by atoms with van der Waals surface area (Å²) in [4.78, 5) is 13.8. The van der Waals surface area contributed by atoms with Gasteiger partial charge < -0.3 is 14.7 Å². The van der Waals surface area contributed by atoms with E-state index in [0.717, 1.165) is 18.5 Å². The van der Waals surface area contributed by atoms with Gasteiger partial charge >= 0.3 is 0 Å². The molecule has 0 spiro atoms. The van der Waals surface area contributed by atoms with Crippen LogP contribution in [0.15, 0.2) is 24.3 Å². The fraction of sp³-hybridized carbons (Fsp3) is 0.462. The normalized spacial score (nSPS) is 16.4. The lowest BCUT2D eigenvalue weighted by atomic mass is 10.1. The summed E-state index contributed by atoms with van der Waals surface area (Å²) < 4.78 is 5.23. The first-order valence-electron chi connectivity index (χ1n) is 5.67. The number of aliphatic hydroxyl groups is 1. The van der Waals surface area contributed by atoms with Crippen molar-refractivity contribution in [2.45, 2.75) is 12.8 Å². The van der Waals surface area contributed by atoms with E-state index in [4.69, 9.17) is 4.74 Å². The van der Waals surface area contributed by atoms with E-state index in [1.165, 1.54) is 0 Å². The summed E-state index contributed by atoms with van der Waals surface area (Å²) in [6, 6.07) is 7.38. The highest BCUT2D eigenvalue weighted by Gasteiger charge is 2.51. The zero-order valence-corrected chi connectivity index (χ0v) is 10.1. The highest BCUT2D eigenvalue weighted by atomic mass is 16.5. The number of carbonyl (C=O) groups excluding carboxylic acids is 1. The molecule has 1 amide bonds. The van der Waals surface area contributed by atoms with Gasteiger partial charge in [0.1, 0.15) is 5.75 Å². The standard InChI is InChI=1S/C13H17NO3/c1-14(12(16)13(9-15)7-8-13)10-5-3-4-6-11(10)17-2/h3-6,15H,7-9H2,1-2H3. The van der Waals surface area contributed by atoms with Crippen molar-refractivity contribution in [3.05, 3.63) is 24.3 Å². The Morgan fingerprint density at radius 2 is 2.12 bits per heavy atom. The van der Waals surface area contributed by atoms with E-state index in [1.807, 2.05) is 24.3 Å². The van der Waals surface area contributed by atoms with Crippen molar-refractivity contribution in [3.63, 3.8) is 0 Å². The van der Waals surface area contributed by atoms with Gasteiger partial charge in [0.2, 0.25) is 5.91 Å². The fourth-order valence-electron chi connectivity index (χ4n) is 1.96. The topological polar surface area (TPSA) is 49.8 Å². The van der Waals surface area contributed by atoms with Crippen molar-refractivity contribution in [2.75, 3.05) is 25.7 Å². The van der Waals surface area contributed by atoms with E-state index in [2.05, 4.69) is 0 Å². The molecule has 2 rings (SSSR count). The Bertz CT molecular complexity index is 426. The van der Waals surface area contributed by atoms with Gasteiger partial charge in [0.05, 0.1) is 24.8 Å². The number of methoxy groups -OCH3 is 1. The molecule has 92 valence electrons. The summed E-state index contributed by atoms with van der Waals surface area (Å²) in [5.74, 6) is 0.626. The molecule has 1 aliphatic carbocycles. The SMILES string of the molecule is COc1ccccc1N(C)C(=O)C1(CO)CC1. The third-order valence-electron chi connectivity index (χ3n) is 3.36. The van der Waals surface area contributed by atoms with Crippen LogP contribution in [0.2, 0.25) is 0 Å². The molecule has 4 nitrogen and oxygen atoms in total. The molecule has 0 radical (unpaired) electrons. The van der Waals surface area contributed by atoms with Crippen molar-refractivity contribution >= 4 is 11.6 Å². The van der Waals surface area contributed by atoms with Crippen LogP contribution in [-0.2, 0) is 4.79 Å². The average Bonchev–Trinajstić information content (AvgIpc) is 3.18. The fourth-order valence-corrected chi connectivity index (χ4v) is 1.96. The lowest BCUT2D eigenvalue weighted by molar-refractivity contribution is -0.124. The number of carbonyl (C=O) groups is 1. The Kier molecular flexibility index (Phi) is 3.07. The van der Waals surface area contributed by atoms with Crippen LogP contribution in [0, 0.1) is 5.41 Å². The lowest BCUT2D eigenvalue weighted by Crippen LogP contribution is -2.36. The predicted octanol–water partition coefficient (Wildman–Crippen LogP) is 1.43. The minimum absolute atomic E-state index is 0.0375. The molecule has 1 fully saturated rings. The largest absolute Gasteiger partial charge is 0.495 e. The van der Waals surface area contributed by atoms with Crippen molar-refractivity contribution in [1.29, 1.82) is 0 Å². The van der Waals surface area contributed by atoms with Crippen LogP contribution in [-0.4, -0.2) is 31.8 Å². The van der Waals surface area contributed by atoms with Crippen molar-refractivity contribution in [1.82, 2.24) is 0 Å². The van der Waals surface area contributed by atoms with Crippen molar-refractivity contribution in [3.8, 4) is 5.75 Å². The molecule has 1 N–H and O–H groups in total. The van der Waals surface area contributed by atoms with Crippen molar-refractivity contribution < 1.29 is 14.6 Å². The molecule has 1 saturated carbocycles. The second-order valence-corrected chi connectivity index (χ2v) is 4.47. The molecular weight excluding hydrogens is 218 g/mol. The minimum atomic E-state index is -0.546. The van der Waals surface area contributed by atoms with Gasteiger partial charge in [-0.05, 0) is 25.0 Å². The monoisotopic (exact) mass is 235 g/mol. The van der Waals surface area contributed by atoms with Crippen LogP contribution in [0.1, 0.15) is 12.8 Å². The summed E-state index contributed by atoms with van der Waals surface area (Å²) in [5.41, 5.74) is 0.190. The third-order valence-corrected chi connectivity index (χ3v) is 3.36. The molecule has 0 atom stereocenters. The molecule has 17 heavy (non-hydrogen) atoms. The Morgan fingerprint density at radius 1 is 1.47 bits per heavy atom. The Balaban J connectivity index is 2.25. The van der Waals surface area contributed by atoms with E-state index >= 15 is 0 Å². The molecule has 0 saturated heterocycles. The van der Waals surface area contributed by atoms with Crippen LogP contribution >= 0.6 is 0 Å². The number of rotatable bonds is 4. The van der Waals surface area contributed by atoms with E-state index in [0.29, 0.717) is 5.75 Å². The first-order chi connectivity index (χ1) is 8.14. The summed E-state index contributed by atoms with van der Waals surface area (Å²) >= 11 is 0. The molecular formula is C13H17NO3. The van der Waals surface area contributed by atoms with Crippen LogP contribution in [0.25, 0.3) is 0 Å². The van der Waals surface area contributed by atoms with E-state index < -0.39 is 5.41 Å². The van der Waals surface area contributed by atoms with Gasteiger partial charge in [-0.2, -0.15) is 0 Å². The number of amides is 1. The maximum atomic E-state index is 12.2. The van der Waals surface area contributed by atoms with Crippen LogP contribution < -0.4 is 9.64 Å². The molecule has 0 heterocycles. The molecule has 0 unspecified atom stereocenters. The van der Waals surface area contributed by atoms with Crippen LogP contribution in [0.4, 0.5) is 5.69 Å². The summed E-state index contributed by atoms with van der Waals surface area (Å²) in [6.45, 7) is -0.0781. The number of ether oxygens (including phenoxy) is 1. The second-order valence-electron chi connectivity index (χ2n) is 4.47. The van der Waals surface area contributed by atoms with Gasteiger partial charge in [-0.3, -0.25) is 4.79 Å². The molecule has 1 aromatic rings. The quantitative estimate of drug-likeness (QED) is 0.859. The number of hydrogen-bond donors (Lipinski definition) is 1. The number of hydrogen-bond acceptors (Lipinski definition) is 3. The molecule has 0 bridgehead atoms. The van der Waals surface area contributed by atoms with Gasteiger partial charge in [0, 0.05) is 7.05 Å². The smallest absolute Gasteiger partial charge is 0.235 e. The number of aliphatic hydroxyl groups excluding tert-OH is 1. The van der Waals surface area contributed by atoms with E-state index in [-0.39, 0.29) is 12.5 Å². The van der Waals surface area contributed by atoms with Gasteiger partial charge in [0.25, 0.3) is 0 Å². The third kappa shape index (κ3) is 2.00. The van der Waals surface area contributed by atoms with E-state index in [1.54, 1.807) is 19.1 Å². The zero-order chi connectivity index (χ0) is 12.5. The van der Waals surface area contributed by atoms with E-state index in [9.17, 15) is 9.90 Å². The van der Waals surface area contributed by atoms with Crippen molar-refractivity contribution in [2.24, 2.45) is 5.41 Å². The van der Waals surface area contributed by atoms with Crippen LogP contribution in [0.5, 0.6) is 5.75 Å². The molecule has 0 aliphatic heterocycles. The molecule has 0 aromatic heterocycles. The second kappa shape index (κ2) is 4.37. The first kappa shape index (κ1) is 11.9. The Morgan fingerprint density at radius 3 is 2.65 bits per heavy atom. The highest BCUT2D eigenvalue weighted by molar-refractivity contribution is 6.00. The molecule has 1 aliphatic rings. The van der Waals surface area contributed by atoms with Gasteiger partial charge in [-0.15, -0.1) is 0 Å². The first-order valence-corrected chi connectivity index (χ1v) is 5.67. The summed E-state index contributed by atoms with van der Waals surface area (Å²) in [6.07, 6.45) is 1.53. The number of nitrogens with zero attached hydrogens (tertiary/aromatic N) is 1. The predicted molar refractivity (Wildman–Crippen MR) is 65.2 cm³/mol. The van der Waals surface area contributed by atoms with Crippen LogP contribution in [0.3, 0.4) is 0 Å². The number of benzene rings is 1. The maximum Gasteiger partial charge on any atom is 0.235 e. The Hall–Kier alpha value is -1.55. The van der Waals surface area contributed by atoms with Gasteiger partial charge in [0.15, 0.2) is 0 Å². The minimum Gasteiger partial charge on any atom is -0.495 e. The van der Waals surface area contributed by atoms with Gasteiger partial charge in [-0.25, -0.2) is 0 Å². The zero-order valence-electron chi connectivity index (χ0n) is 10.1.